The van der Waals surface area contributed by atoms with E-state index in [2.05, 4.69) is 51.0 Å². The van der Waals surface area contributed by atoms with Gasteiger partial charge in [0, 0.05) is 32.0 Å². The molecule has 0 saturated carbocycles. The maximum Gasteiger partial charge on any atom is 0.173 e. The van der Waals surface area contributed by atoms with Crippen LogP contribution in [0.25, 0.3) is 0 Å². The summed E-state index contributed by atoms with van der Waals surface area (Å²) in [6, 6.07) is 14.5. The second kappa shape index (κ2) is 9.71. The predicted octanol–water partition coefficient (Wildman–Crippen LogP) is 5.44. The first-order chi connectivity index (χ1) is 13.5. The minimum absolute atomic E-state index is 0.668. The maximum atomic E-state index is 6.34. The Labute approximate surface area is 177 Å². The number of anilines is 1. The van der Waals surface area contributed by atoms with Gasteiger partial charge >= 0.3 is 0 Å². The molecule has 0 bridgehead atoms. The molecule has 0 fully saturated rings. The van der Waals surface area contributed by atoms with E-state index in [9.17, 15) is 0 Å². The Kier molecular flexibility index (Phi) is 7.06. The topological polar surface area (TPSA) is 33.1 Å². The van der Waals surface area contributed by atoms with E-state index in [1.165, 1.54) is 11.1 Å². The fourth-order valence-electron chi connectivity index (χ4n) is 2.96. The van der Waals surface area contributed by atoms with Crippen LogP contribution in [0.3, 0.4) is 0 Å². The van der Waals surface area contributed by atoms with Gasteiger partial charge < -0.3 is 14.8 Å². The van der Waals surface area contributed by atoms with Gasteiger partial charge in [0.25, 0.3) is 0 Å². The number of aryl methyl sites for hydroxylation is 3. The molecule has 0 aliphatic carbocycles. The van der Waals surface area contributed by atoms with Crippen molar-refractivity contribution in [2.45, 2.75) is 33.4 Å². The molecule has 3 aromatic rings. The highest BCUT2D eigenvalue weighted by Gasteiger charge is 2.12. The number of nitrogens with zero attached hydrogens (tertiary/aromatic N) is 3. The van der Waals surface area contributed by atoms with Gasteiger partial charge in [-0.15, -0.1) is 0 Å². The van der Waals surface area contributed by atoms with Gasteiger partial charge in [-0.3, -0.25) is 0 Å². The minimum Gasteiger partial charge on any atom is -0.345 e. The van der Waals surface area contributed by atoms with Crippen LogP contribution in [0.1, 0.15) is 23.1 Å². The van der Waals surface area contributed by atoms with Crippen molar-refractivity contribution in [2.75, 3.05) is 11.9 Å². The maximum absolute atomic E-state index is 6.34. The first-order valence-corrected chi connectivity index (χ1v) is 10.1. The molecule has 1 aromatic heterocycles. The number of hydrogen-bond acceptors (Lipinski definition) is 2. The van der Waals surface area contributed by atoms with E-state index >= 15 is 0 Å². The smallest absolute Gasteiger partial charge is 0.173 e. The second-order valence-electron chi connectivity index (χ2n) is 6.97. The molecule has 2 aromatic carbocycles. The number of halogens is 1. The summed E-state index contributed by atoms with van der Waals surface area (Å²) in [4.78, 5) is 6.29. The predicted molar refractivity (Wildman–Crippen MR) is 121 cm³/mol. The number of benzene rings is 2. The summed E-state index contributed by atoms with van der Waals surface area (Å²) in [5.41, 5.74) is 4.46. The first-order valence-electron chi connectivity index (χ1n) is 9.34. The van der Waals surface area contributed by atoms with Gasteiger partial charge in [-0.2, -0.15) is 0 Å². The molecular weight excluding hydrogens is 388 g/mol. The lowest BCUT2D eigenvalue weighted by Gasteiger charge is -2.26. The molecule has 28 heavy (non-hydrogen) atoms. The Hall–Kier alpha value is -2.37. The molecular formula is C22H25ClN4S. The molecule has 0 radical (unpaired) electrons. The molecule has 1 N–H and O–H groups in total. The summed E-state index contributed by atoms with van der Waals surface area (Å²) in [6.07, 6.45) is 6.59. The van der Waals surface area contributed by atoms with Gasteiger partial charge in [0.05, 0.1) is 17.0 Å². The van der Waals surface area contributed by atoms with Crippen LogP contribution in [0, 0.1) is 13.8 Å². The molecule has 0 atom stereocenters. The van der Waals surface area contributed by atoms with Crippen molar-refractivity contribution in [3.05, 3.63) is 82.9 Å². The molecule has 0 unspecified atom stereocenters. The average Bonchev–Trinajstić information content (AvgIpc) is 3.19. The van der Waals surface area contributed by atoms with Crippen LogP contribution in [0.2, 0.25) is 5.02 Å². The van der Waals surface area contributed by atoms with Crippen molar-refractivity contribution in [1.29, 1.82) is 0 Å². The molecule has 0 aliphatic rings. The van der Waals surface area contributed by atoms with Gasteiger partial charge in [-0.05, 0) is 55.7 Å². The van der Waals surface area contributed by atoms with Crippen molar-refractivity contribution in [3.63, 3.8) is 0 Å². The van der Waals surface area contributed by atoms with Crippen LogP contribution in [0.15, 0.2) is 61.2 Å². The average molecular weight is 413 g/mol. The fourth-order valence-corrected chi connectivity index (χ4v) is 3.39. The molecule has 0 spiro atoms. The Morgan fingerprint density at radius 1 is 1.14 bits per heavy atom. The molecule has 0 amide bonds. The zero-order chi connectivity index (χ0) is 19.9. The van der Waals surface area contributed by atoms with Crippen molar-refractivity contribution in [1.82, 2.24) is 14.5 Å². The summed E-state index contributed by atoms with van der Waals surface area (Å²) < 4.78 is 2.08. The summed E-state index contributed by atoms with van der Waals surface area (Å²) in [5.74, 6) is 0. The van der Waals surface area contributed by atoms with Crippen LogP contribution in [-0.4, -0.2) is 26.1 Å². The summed E-state index contributed by atoms with van der Waals surface area (Å²) in [7, 11) is 0. The van der Waals surface area contributed by atoms with Crippen molar-refractivity contribution < 1.29 is 0 Å². The summed E-state index contributed by atoms with van der Waals surface area (Å²) >= 11 is 12.1. The molecule has 4 nitrogen and oxygen atoms in total. The quantitative estimate of drug-likeness (QED) is 0.523. The Bertz CT molecular complexity index is 907. The van der Waals surface area contributed by atoms with E-state index in [0.29, 0.717) is 10.1 Å². The van der Waals surface area contributed by atoms with Crippen LogP contribution in [-0.2, 0) is 13.1 Å². The van der Waals surface area contributed by atoms with E-state index in [1.54, 1.807) is 6.20 Å². The highest BCUT2D eigenvalue weighted by molar-refractivity contribution is 7.80. The monoisotopic (exact) mass is 412 g/mol. The number of imidazole rings is 1. The van der Waals surface area contributed by atoms with Crippen LogP contribution in [0.4, 0.5) is 5.69 Å². The number of thiocarbonyl (C=S) groups is 1. The van der Waals surface area contributed by atoms with Crippen LogP contribution >= 0.6 is 23.8 Å². The molecule has 146 valence electrons. The van der Waals surface area contributed by atoms with E-state index < -0.39 is 0 Å². The van der Waals surface area contributed by atoms with E-state index in [4.69, 9.17) is 23.8 Å². The lowest BCUT2D eigenvalue weighted by molar-refractivity contribution is 0.396. The molecule has 0 saturated heterocycles. The lowest BCUT2D eigenvalue weighted by Crippen LogP contribution is -2.35. The fraction of sp³-hybridized carbons (Fsp3) is 0.273. The Morgan fingerprint density at radius 2 is 1.89 bits per heavy atom. The van der Waals surface area contributed by atoms with Gasteiger partial charge in [0.2, 0.25) is 0 Å². The zero-order valence-electron chi connectivity index (χ0n) is 16.2. The van der Waals surface area contributed by atoms with Crippen LogP contribution < -0.4 is 5.32 Å². The van der Waals surface area contributed by atoms with E-state index in [0.717, 1.165) is 37.3 Å². The molecule has 6 heteroatoms. The normalized spacial score (nSPS) is 10.7. The van der Waals surface area contributed by atoms with Crippen molar-refractivity contribution >= 4 is 34.6 Å². The standard InChI is InChI=1S/C22H25ClN4S/c1-17-4-7-19(8-5-17)15-27(12-3-11-26-13-10-24-16-26)22(28)25-21-14-18(2)6-9-20(21)23/h4-10,13-14,16H,3,11-12,15H2,1-2H3,(H,25,28). The largest absolute Gasteiger partial charge is 0.345 e. The van der Waals surface area contributed by atoms with Gasteiger partial charge in [-0.1, -0.05) is 47.5 Å². The van der Waals surface area contributed by atoms with Crippen LogP contribution in [0.5, 0.6) is 0 Å². The van der Waals surface area contributed by atoms with Gasteiger partial charge in [0.1, 0.15) is 0 Å². The Morgan fingerprint density at radius 3 is 2.61 bits per heavy atom. The van der Waals surface area contributed by atoms with E-state index in [1.807, 2.05) is 37.6 Å². The molecule has 3 rings (SSSR count). The third-order valence-electron chi connectivity index (χ3n) is 4.55. The highest BCUT2D eigenvalue weighted by atomic mass is 35.5. The van der Waals surface area contributed by atoms with Crippen molar-refractivity contribution in [3.8, 4) is 0 Å². The molecule has 0 aliphatic heterocycles. The van der Waals surface area contributed by atoms with Crippen molar-refractivity contribution in [2.24, 2.45) is 0 Å². The van der Waals surface area contributed by atoms with E-state index in [-0.39, 0.29) is 0 Å². The second-order valence-corrected chi connectivity index (χ2v) is 7.77. The SMILES string of the molecule is Cc1ccc(CN(CCCn2ccnc2)C(=S)Nc2cc(C)ccc2Cl)cc1. The Balaban J connectivity index is 1.70. The number of rotatable bonds is 7. The minimum atomic E-state index is 0.668. The summed E-state index contributed by atoms with van der Waals surface area (Å²) in [6.45, 7) is 6.62. The third kappa shape index (κ3) is 5.81. The third-order valence-corrected chi connectivity index (χ3v) is 5.24. The number of hydrogen-bond donors (Lipinski definition) is 1. The lowest BCUT2D eigenvalue weighted by atomic mass is 10.1. The summed E-state index contributed by atoms with van der Waals surface area (Å²) in [5, 5.41) is 4.68. The highest BCUT2D eigenvalue weighted by Crippen LogP contribution is 2.23. The number of nitrogens with one attached hydrogen (secondary N) is 1. The molecule has 1 heterocycles. The van der Waals surface area contributed by atoms with Gasteiger partial charge in [0.15, 0.2) is 5.11 Å². The van der Waals surface area contributed by atoms with Gasteiger partial charge in [-0.25, -0.2) is 4.98 Å². The number of aromatic nitrogens is 2. The zero-order valence-corrected chi connectivity index (χ0v) is 17.8. The first kappa shape index (κ1) is 20.4.